The fourth-order valence-corrected chi connectivity index (χ4v) is 3.62. The average Bonchev–Trinajstić information content (AvgIpc) is 3.18. The van der Waals surface area contributed by atoms with Crippen LogP contribution in [-0.4, -0.2) is 46.6 Å². The number of benzene rings is 2. The lowest BCUT2D eigenvalue weighted by Crippen LogP contribution is -2.50. The topological polar surface area (TPSA) is 104 Å². The van der Waals surface area contributed by atoms with E-state index in [9.17, 15) is 33.2 Å². The molecule has 0 aliphatic carbocycles. The zero-order chi connectivity index (χ0) is 25.6. The molecule has 0 fully saturated rings. The molecule has 3 rings (SSSR count). The number of halogens is 3. The molecule has 0 saturated heterocycles. The Morgan fingerprint density at radius 2 is 1.83 bits per heavy atom. The largest absolute Gasteiger partial charge is 0.461 e. The third kappa shape index (κ3) is 5.63. The van der Waals surface area contributed by atoms with Crippen LogP contribution in [0.2, 0.25) is 0 Å². The molecule has 1 N–H and O–H groups in total. The van der Waals surface area contributed by atoms with Crippen molar-refractivity contribution < 1.29 is 37.5 Å². The van der Waals surface area contributed by atoms with E-state index in [2.05, 4.69) is 0 Å². The van der Waals surface area contributed by atoms with Crippen LogP contribution in [0.4, 0.5) is 18.9 Å². The second-order valence-electron chi connectivity index (χ2n) is 7.92. The fraction of sp³-hybridized carbons (Fsp3) is 0.375. The minimum absolute atomic E-state index is 0.0484. The molecule has 1 atom stereocenters. The van der Waals surface area contributed by atoms with Crippen LogP contribution < -0.4 is 0 Å². The molecule has 1 aromatic heterocycles. The summed E-state index contributed by atoms with van der Waals surface area (Å²) < 4.78 is 53.8. The van der Waals surface area contributed by atoms with Gasteiger partial charge in [-0.05, 0) is 18.1 Å². The summed E-state index contributed by atoms with van der Waals surface area (Å²) in [4.78, 5) is 23.2. The van der Waals surface area contributed by atoms with Crippen molar-refractivity contribution in [3.8, 4) is 0 Å². The summed E-state index contributed by atoms with van der Waals surface area (Å²) in [6.07, 6.45) is -2.85. The molecule has 0 spiro atoms. The van der Waals surface area contributed by atoms with Crippen molar-refractivity contribution in [2.45, 2.75) is 38.1 Å². The Morgan fingerprint density at radius 1 is 1.11 bits per heavy atom. The highest BCUT2D eigenvalue weighted by Crippen LogP contribution is 2.44. The van der Waals surface area contributed by atoms with Gasteiger partial charge in [0.05, 0.1) is 17.0 Å². The number of non-ortho nitro benzene ring substituents is 1. The zero-order valence-corrected chi connectivity index (χ0v) is 19.0. The number of nitro benzene ring substituents is 1. The Bertz CT molecular complexity index is 1180. The molecule has 0 aliphatic heterocycles. The van der Waals surface area contributed by atoms with Crippen LogP contribution in [0.15, 0.2) is 54.7 Å². The molecule has 1 unspecified atom stereocenters. The highest BCUT2D eigenvalue weighted by atomic mass is 19.4. The molecular formula is C24H25F3N2O6. The molecule has 11 heteroatoms. The number of hydrogen-bond acceptors (Lipinski definition) is 6. The molecule has 0 aliphatic rings. The molecule has 188 valence electrons. The molecule has 0 bridgehead atoms. The minimum Gasteiger partial charge on any atom is -0.461 e. The van der Waals surface area contributed by atoms with Crippen LogP contribution in [-0.2, 0) is 26.4 Å². The van der Waals surface area contributed by atoms with Gasteiger partial charge in [-0.1, -0.05) is 43.7 Å². The van der Waals surface area contributed by atoms with E-state index in [1.54, 1.807) is 30.3 Å². The van der Waals surface area contributed by atoms with Gasteiger partial charge in [0.2, 0.25) is 0 Å². The van der Waals surface area contributed by atoms with Crippen LogP contribution >= 0.6 is 0 Å². The highest BCUT2D eigenvalue weighted by Gasteiger charge is 2.63. The Balaban J connectivity index is 2.04. The van der Waals surface area contributed by atoms with Crippen LogP contribution in [0, 0.1) is 10.1 Å². The van der Waals surface area contributed by atoms with E-state index < -0.39 is 34.8 Å². The molecular weight excluding hydrogens is 469 g/mol. The first-order chi connectivity index (χ1) is 16.6. The summed E-state index contributed by atoms with van der Waals surface area (Å²) in [7, 11) is 0. The van der Waals surface area contributed by atoms with Crippen molar-refractivity contribution in [2.24, 2.45) is 0 Å². The van der Waals surface area contributed by atoms with Crippen LogP contribution in [0.25, 0.3) is 10.9 Å². The Morgan fingerprint density at radius 3 is 2.46 bits per heavy atom. The third-order valence-electron chi connectivity index (χ3n) is 5.47. The quantitative estimate of drug-likeness (QED) is 0.179. The first-order valence-corrected chi connectivity index (χ1v) is 10.9. The number of unbranched alkanes of at least 4 members (excludes halogenated alkanes) is 1. The predicted octanol–water partition coefficient (Wildman–Crippen LogP) is 4.71. The van der Waals surface area contributed by atoms with Crippen molar-refractivity contribution in [3.63, 3.8) is 0 Å². The van der Waals surface area contributed by atoms with Crippen molar-refractivity contribution in [2.75, 3.05) is 19.8 Å². The SMILES string of the molecule is CCCCOCCOC(=O)C(O)(c1cn(Cc2ccccc2)c2cc([N+](=O)[O-])ccc12)C(F)(F)F. The number of aliphatic hydroxyl groups is 1. The smallest absolute Gasteiger partial charge is 0.432 e. The first-order valence-electron chi connectivity index (χ1n) is 10.9. The average molecular weight is 494 g/mol. The van der Waals surface area contributed by atoms with E-state index in [1.807, 2.05) is 6.92 Å². The van der Waals surface area contributed by atoms with Gasteiger partial charge < -0.3 is 19.1 Å². The minimum atomic E-state index is -5.43. The molecule has 35 heavy (non-hydrogen) atoms. The van der Waals surface area contributed by atoms with Crippen molar-refractivity contribution >= 4 is 22.6 Å². The summed E-state index contributed by atoms with van der Waals surface area (Å²) in [5.74, 6) is -1.90. The number of nitrogens with zero attached hydrogens (tertiary/aromatic N) is 2. The maximum absolute atomic E-state index is 14.2. The van der Waals surface area contributed by atoms with E-state index in [4.69, 9.17) is 9.47 Å². The number of carbonyl (C=O) groups is 1. The normalized spacial score (nSPS) is 13.5. The molecule has 0 saturated carbocycles. The van der Waals surface area contributed by atoms with Crippen molar-refractivity contribution in [1.82, 2.24) is 4.57 Å². The molecule has 0 amide bonds. The van der Waals surface area contributed by atoms with Gasteiger partial charge in [-0.3, -0.25) is 10.1 Å². The summed E-state index contributed by atoms with van der Waals surface area (Å²) in [6, 6.07) is 11.9. The van der Waals surface area contributed by atoms with Gasteiger partial charge in [0.15, 0.2) is 0 Å². The lowest BCUT2D eigenvalue weighted by atomic mass is 9.92. The number of ether oxygens (including phenoxy) is 2. The van der Waals surface area contributed by atoms with Crippen molar-refractivity contribution in [3.05, 3.63) is 76.0 Å². The molecule has 1 heterocycles. The second kappa shape index (κ2) is 10.9. The number of aromatic nitrogens is 1. The van der Waals surface area contributed by atoms with Gasteiger partial charge in [0.1, 0.15) is 6.61 Å². The second-order valence-corrected chi connectivity index (χ2v) is 7.92. The highest BCUT2D eigenvalue weighted by molar-refractivity contribution is 5.93. The van der Waals surface area contributed by atoms with Crippen LogP contribution in [0.3, 0.4) is 0 Å². The van der Waals surface area contributed by atoms with E-state index >= 15 is 0 Å². The molecule has 2 aromatic carbocycles. The Labute approximate surface area is 199 Å². The van der Waals surface area contributed by atoms with Gasteiger partial charge in [0, 0.05) is 42.4 Å². The zero-order valence-electron chi connectivity index (χ0n) is 19.0. The number of rotatable bonds is 11. The third-order valence-corrected chi connectivity index (χ3v) is 5.47. The van der Waals surface area contributed by atoms with Gasteiger partial charge >= 0.3 is 12.1 Å². The van der Waals surface area contributed by atoms with E-state index in [-0.39, 0.29) is 29.7 Å². The van der Waals surface area contributed by atoms with E-state index in [1.165, 1.54) is 4.57 Å². The summed E-state index contributed by atoms with van der Waals surface area (Å²) in [6.45, 7) is 1.75. The van der Waals surface area contributed by atoms with Gasteiger partial charge in [-0.15, -0.1) is 0 Å². The number of nitro groups is 1. The van der Waals surface area contributed by atoms with Gasteiger partial charge in [0.25, 0.3) is 11.3 Å². The summed E-state index contributed by atoms with van der Waals surface area (Å²) in [5.41, 5.74) is -4.37. The van der Waals surface area contributed by atoms with Gasteiger partial charge in [-0.2, -0.15) is 13.2 Å². The number of esters is 1. The monoisotopic (exact) mass is 494 g/mol. The van der Waals surface area contributed by atoms with Crippen molar-refractivity contribution in [1.29, 1.82) is 0 Å². The standard InChI is InChI=1S/C24H25F3N2O6/c1-2-3-11-34-12-13-35-22(30)23(31,24(25,26)27)20-16-28(15-17-7-5-4-6-8-17)21-14-18(29(32)33)9-10-19(20)21/h4-10,14,16,31H,2-3,11-13,15H2,1H3. The number of hydrogen-bond donors (Lipinski definition) is 1. The van der Waals surface area contributed by atoms with Crippen LogP contribution in [0.1, 0.15) is 30.9 Å². The Kier molecular flexibility index (Phi) is 8.13. The Hall–Kier alpha value is -3.44. The molecule has 8 nitrogen and oxygen atoms in total. The van der Waals surface area contributed by atoms with E-state index in [0.29, 0.717) is 12.2 Å². The van der Waals surface area contributed by atoms with Crippen LogP contribution in [0.5, 0.6) is 0 Å². The fourth-order valence-electron chi connectivity index (χ4n) is 3.62. The van der Waals surface area contributed by atoms with E-state index in [0.717, 1.165) is 37.2 Å². The number of fused-ring (bicyclic) bond motifs is 1. The predicted molar refractivity (Wildman–Crippen MR) is 121 cm³/mol. The molecule has 3 aromatic rings. The van der Waals surface area contributed by atoms with Gasteiger partial charge in [-0.25, -0.2) is 4.79 Å². The lowest BCUT2D eigenvalue weighted by Gasteiger charge is -2.28. The summed E-state index contributed by atoms with van der Waals surface area (Å²) >= 11 is 0. The molecule has 0 radical (unpaired) electrons. The number of carbonyl (C=O) groups excluding carboxylic acids is 1. The summed E-state index contributed by atoms with van der Waals surface area (Å²) in [5, 5.41) is 21.9. The maximum atomic E-state index is 14.2. The number of alkyl halides is 3. The maximum Gasteiger partial charge on any atom is 0.432 e. The lowest BCUT2D eigenvalue weighted by molar-refractivity contribution is -0.384. The first kappa shape index (κ1) is 26.2.